The Morgan fingerprint density at radius 1 is 1.29 bits per heavy atom. The SMILES string of the molecule is C[NH+]1CCC2=C3C1=CC(=NCCc1ccc(O)cc1)C([O-])=C3N=C2. The molecule has 4 rings (SSSR count). The van der Waals surface area contributed by atoms with Crippen molar-refractivity contribution in [1.29, 1.82) is 0 Å². The average molecular weight is 321 g/mol. The van der Waals surface area contributed by atoms with Crippen LogP contribution in [0.15, 0.2) is 68.6 Å². The molecule has 24 heavy (non-hydrogen) atoms. The molecule has 0 amide bonds. The van der Waals surface area contributed by atoms with E-state index in [1.807, 2.05) is 24.4 Å². The van der Waals surface area contributed by atoms with Gasteiger partial charge in [-0.15, -0.1) is 0 Å². The van der Waals surface area contributed by atoms with Crippen LogP contribution < -0.4 is 10.0 Å². The Labute approximate surface area is 140 Å². The third-order valence-corrected chi connectivity index (χ3v) is 4.75. The highest BCUT2D eigenvalue weighted by atomic mass is 16.3. The van der Waals surface area contributed by atoms with Gasteiger partial charge in [0.05, 0.1) is 30.6 Å². The Morgan fingerprint density at radius 2 is 2.08 bits per heavy atom. The van der Waals surface area contributed by atoms with Crippen molar-refractivity contribution in [1.82, 2.24) is 0 Å². The zero-order valence-corrected chi connectivity index (χ0v) is 13.5. The van der Waals surface area contributed by atoms with Crippen molar-refractivity contribution in [3.05, 3.63) is 64.2 Å². The van der Waals surface area contributed by atoms with Crippen molar-refractivity contribution < 1.29 is 15.1 Å². The summed E-state index contributed by atoms with van der Waals surface area (Å²) in [6.07, 6.45) is 5.46. The Balaban J connectivity index is 1.59. The predicted octanol–water partition coefficient (Wildman–Crippen LogP) is 0.144. The molecule has 5 heteroatoms. The Bertz CT molecular complexity index is 842. The fraction of sp³-hybridized carbons (Fsp3) is 0.263. The van der Waals surface area contributed by atoms with Crippen molar-refractivity contribution in [2.45, 2.75) is 12.8 Å². The first-order valence-corrected chi connectivity index (χ1v) is 8.20. The van der Waals surface area contributed by atoms with Gasteiger partial charge in [-0.25, -0.2) is 0 Å². The van der Waals surface area contributed by atoms with Crippen molar-refractivity contribution in [2.75, 3.05) is 20.1 Å². The average Bonchev–Trinajstić information content (AvgIpc) is 3.01. The molecule has 122 valence electrons. The van der Waals surface area contributed by atoms with E-state index in [0.717, 1.165) is 36.2 Å². The van der Waals surface area contributed by atoms with Crippen LogP contribution >= 0.6 is 0 Å². The second-order valence-corrected chi connectivity index (χ2v) is 6.36. The minimum Gasteiger partial charge on any atom is -0.870 e. The number of aromatic hydroxyl groups is 1. The molecule has 0 fully saturated rings. The molecule has 1 aliphatic carbocycles. The Morgan fingerprint density at radius 3 is 2.88 bits per heavy atom. The summed E-state index contributed by atoms with van der Waals surface area (Å²) in [4.78, 5) is 10.2. The van der Waals surface area contributed by atoms with E-state index >= 15 is 0 Å². The molecular weight excluding hydrogens is 302 g/mol. The van der Waals surface area contributed by atoms with Gasteiger partial charge >= 0.3 is 0 Å². The number of hydrogen-bond acceptors (Lipinski definition) is 4. The van der Waals surface area contributed by atoms with E-state index in [0.29, 0.717) is 18.0 Å². The summed E-state index contributed by atoms with van der Waals surface area (Å²) in [6.45, 7) is 1.55. The van der Waals surface area contributed by atoms with E-state index in [1.54, 1.807) is 12.1 Å². The molecule has 1 aromatic rings. The third-order valence-electron chi connectivity index (χ3n) is 4.75. The maximum atomic E-state index is 12.6. The molecule has 0 saturated heterocycles. The molecule has 5 nitrogen and oxygen atoms in total. The number of allylic oxidation sites excluding steroid dienone is 1. The zero-order valence-electron chi connectivity index (χ0n) is 13.5. The summed E-state index contributed by atoms with van der Waals surface area (Å²) >= 11 is 0. The summed E-state index contributed by atoms with van der Waals surface area (Å²) in [5.74, 6) is 0.187. The number of phenolic OH excluding ortho intramolecular Hbond substituents is 1. The fourth-order valence-corrected chi connectivity index (χ4v) is 3.36. The van der Waals surface area contributed by atoms with E-state index in [-0.39, 0.29) is 11.5 Å². The van der Waals surface area contributed by atoms with Crippen LogP contribution in [0.1, 0.15) is 12.0 Å². The maximum absolute atomic E-state index is 12.6. The first-order chi connectivity index (χ1) is 11.6. The number of quaternary nitrogens is 1. The highest BCUT2D eigenvalue weighted by Crippen LogP contribution is 2.33. The summed E-state index contributed by atoms with van der Waals surface area (Å²) in [6, 6.07) is 7.08. The number of benzene rings is 1. The van der Waals surface area contributed by atoms with Gasteiger partial charge in [0.1, 0.15) is 11.4 Å². The molecule has 0 radical (unpaired) electrons. The summed E-state index contributed by atoms with van der Waals surface area (Å²) in [5, 5.41) is 21.9. The van der Waals surface area contributed by atoms with Gasteiger partial charge in [0.15, 0.2) is 0 Å². The van der Waals surface area contributed by atoms with Gasteiger partial charge in [0.2, 0.25) is 0 Å². The molecule has 0 aromatic heterocycles. The highest BCUT2D eigenvalue weighted by Gasteiger charge is 2.34. The van der Waals surface area contributed by atoms with Crippen molar-refractivity contribution in [3.8, 4) is 5.75 Å². The number of rotatable bonds is 3. The lowest BCUT2D eigenvalue weighted by Crippen LogP contribution is -3.08. The largest absolute Gasteiger partial charge is 0.870 e. The van der Waals surface area contributed by atoms with Gasteiger partial charge in [0, 0.05) is 25.3 Å². The van der Waals surface area contributed by atoms with Crippen LogP contribution in [-0.2, 0) is 6.42 Å². The third kappa shape index (κ3) is 2.47. The van der Waals surface area contributed by atoms with E-state index in [4.69, 9.17) is 0 Å². The van der Waals surface area contributed by atoms with Crippen LogP contribution in [0.3, 0.4) is 0 Å². The van der Waals surface area contributed by atoms with E-state index < -0.39 is 0 Å². The molecule has 2 aliphatic heterocycles. The molecule has 0 bridgehead atoms. The Hall–Kier alpha value is -2.66. The second-order valence-electron chi connectivity index (χ2n) is 6.36. The second kappa shape index (κ2) is 5.76. The summed E-state index contributed by atoms with van der Waals surface area (Å²) in [7, 11) is 2.12. The van der Waals surface area contributed by atoms with Crippen LogP contribution in [0.5, 0.6) is 5.75 Å². The number of phenols is 1. The molecule has 1 unspecified atom stereocenters. The fourth-order valence-electron chi connectivity index (χ4n) is 3.36. The van der Waals surface area contributed by atoms with Gasteiger partial charge in [-0.05, 0) is 29.7 Å². The van der Waals surface area contributed by atoms with Gasteiger partial charge in [0.25, 0.3) is 0 Å². The van der Waals surface area contributed by atoms with Crippen LogP contribution in [-0.4, -0.2) is 37.2 Å². The molecule has 2 N–H and O–H groups in total. The van der Waals surface area contributed by atoms with Crippen molar-refractivity contribution in [3.63, 3.8) is 0 Å². The predicted molar refractivity (Wildman–Crippen MR) is 91.1 cm³/mol. The molecule has 0 saturated carbocycles. The number of nitrogens with one attached hydrogen (secondary N) is 1. The quantitative estimate of drug-likeness (QED) is 0.831. The minimum absolute atomic E-state index is 0.0691. The number of aliphatic imine (C=N–C) groups is 2. The molecule has 3 aliphatic rings. The minimum atomic E-state index is -0.0691. The lowest BCUT2D eigenvalue weighted by atomic mass is 9.92. The first kappa shape index (κ1) is 14.9. The first-order valence-electron chi connectivity index (χ1n) is 8.20. The van der Waals surface area contributed by atoms with Crippen LogP contribution in [0.2, 0.25) is 0 Å². The van der Waals surface area contributed by atoms with Crippen LogP contribution in [0, 0.1) is 0 Å². The monoisotopic (exact) mass is 321 g/mol. The highest BCUT2D eigenvalue weighted by molar-refractivity contribution is 6.11. The molecular formula is C19H19N3O2. The topological polar surface area (TPSA) is 72.5 Å². The summed E-state index contributed by atoms with van der Waals surface area (Å²) in [5.41, 5.74) is 5.49. The normalized spacial score (nSPS) is 23.8. The molecule has 1 aromatic carbocycles. The molecule has 1 atom stereocenters. The van der Waals surface area contributed by atoms with Crippen molar-refractivity contribution >= 4 is 11.9 Å². The van der Waals surface area contributed by atoms with Crippen LogP contribution in [0.25, 0.3) is 0 Å². The van der Waals surface area contributed by atoms with E-state index in [2.05, 4.69) is 17.0 Å². The van der Waals surface area contributed by atoms with Crippen LogP contribution in [0.4, 0.5) is 0 Å². The van der Waals surface area contributed by atoms with Gasteiger partial charge in [-0.1, -0.05) is 17.9 Å². The summed E-state index contributed by atoms with van der Waals surface area (Å²) < 4.78 is 0. The van der Waals surface area contributed by atoms with Gasteiger partial charge in [-0.2, -0.15) is 0 Å². The van der Waals surface area contributed by atoms with Gasteiger partial charge < -0.3 is 15.1 Å². The molecule has 2 heterocycles. The standard InChI is InChI=1S/C19H19N3O2/c1-22-9-7-13-11-21-18-17(13)16(22)10-15(19(18)24)20-8-6-12-2-4-14(23)5-3-12/h2-5,10-11,23-24H,6-9H2,1H3. The number of hydrogen-bond donors (Lipinski definition) is 2. The van der Waals surface area contributed by atoms with Crippen molar-refractivity contribution in [2.24, 2.45) is 9.98 Å². The zero-order chi connectivity index (χ0) is 16.7. The maximum Gasteiger partial charge on any atom is 0.142 e. The lowest BCUT2D eigenvalue weighted by molar-refractivity contribution is -0.837. The molecule has 0 spiro atoms. The lowest BCUT2D eigenvalue weighted by Gasteiger charge is -2.29. The number of likely N-dealkylation sites (N-methyl/N-ethyl adjacent to an activating group) is 1. The van der Waals surface area contributed by atoms with E-state index in [9.17, 15) is 10.2 Å². The van der Waals surface area contributed by atoms with E-state index in [1.165, 1.54) is 10.5 Å². The van der Waals surface area contributed by atoms with Gasteiger partial charge in [-0.3, -0.25) is 9.98 Å². The number of nitrogens with zero attached hydrogens (tertiary/aromatic N) is 2. The smallest absolute Gasteiger partial charge is 0.142 e. The Kier molecular flexibility index (Phi) is 3.58.